The number of ether oxygens (including phenoxy) is 1. The van der Waals surface area contributed by atoms with Crippen molar-refractivity contribution in [2.45, 2.75) is 13.8 Å². The van der Waals surface area contributed by atoms with Crippen molar-refractivity contribution in [3.8, 4) is 11.1 Å². The lowest BCUT2D eigenvalue weighted by Crippen LogP contribution is -2.26. The summed E-state index contributed by atoms with van der Waals surface area (Å²) >= 11 is 5.98. The topological polar surface area (TPSA) is 79.3 Å². The van der Waals surface area contributed by atoms with Gasteiger partial charge in [-0.05, 0) is 31.5 Å². The highest BCUT2D eigenvalue weighted by atomic mass is 35.5. The zero-order chi connectivity index (χ0) is 16.4. The summed E-state index contributed by atoms with van der Waals surface area (Å²) in [5, 5.41) is 12.0. The number of carbonyl (C=O) groups excluding carboxylic acids is 2. The molecule has 0 atom stereocenters. The minimum Gasteiger partial charge on any atom is -0.545 e. The fourth-order valence-corrected chi connectivity index (χ4v) is 2.57. The molecule has 1 aromatic heterocycles. The number of aryl methyl sites for hydroxylation is 2. The molecule has 0 bridgehead atoms. The average Bonchev–Trinajstić information content (AvgIpc) is 2.45. The van der Waals surface area contributed by atoms with Crippen LogP contribution in [-0.4, -0.2) is 24.0 Å². The number of halogens is 1. The van der Waals surface area contributed by atoms with Crippen LogP contribution in [0.5, 0.6) is 0 Å². The van der Waals surface area contributed by atoms with Crippen LogP contribution in [0.4, 0.5) is 0 Å². The predicted octanol–water partition coefficient (Wildman–Crippen LogP) is 2.17. The molecule has 0 aliphatic rings. The molecular weight excluding hydrogens is 306 g/mol. The first kappa shape index (κ1) is 16.0. The number of rotatable bonds is 3. The van der Waals surface area contributed by atoms with E-state index in [4.69, 9.17) is 16.3 Å². The molecule has 2 rings (SSSR count). The molecule has 0 spiro atoms. The van der Waals surface area contributed by atoms with Crippen LogP contribution in [0.3, 0.4) is 0 Å². The van der Waals surface area contributed by atoms with Gasteiger partial charge in [-0.2, -0.15) is 0 Å². The lowest BCUT2D eigenvalue weighted by molar-refractivity contribution is -0.255. The standard InChI is InChI=1S/C16H14ClNO4/c1-8-12(15(19)20)14(10-5-4-6-11(17)7-10)13(9(2)18-8)16(21)22-3/h4-7H,1-3H3,(H,19,20)/p-1. The molecule has 0 saturated heterocycles. The van der Waals surface area contributed by atoms with Gasteiger partial charge in [0.25, 0.3) is 0 Å². The molecule has 0 fully saturated rings. The summed E-state index contributed by atoms with van der Waals surface area (Å²) in [6.07, 6.45) is 0. The number of nitrogens with zero attached hydrogens (tertiary/aromatic N) is 1. The molecule has 6 heteroatoms. The fourth-order valence-electron chi connectivity index (χ4n) is 2.38. The highest BCUT2D eigenvalue weighted by Crippen LogP contribution is 2.32. The van der Waals surface area contributed by atoms with Crippen molar-refractivity contribution in [1.82, 2.24) is 4.98 Å². The van der Waals surface area contributed by atoms with E-state index in [0.717, 1.165) is 0 Å². The molecule has 0 unspecified atom stereocenters. The van der Waals surface area contributed by atoms with Crippen molar-refractivity contribution in [3.05, 3.63) is 51.8 Å². The SMILES string of the molecule is COC(=O)c1c(C)nc(C)c(C(=O)[O-])c1-c1cccc(Cl)c1. The number of esters is 1. The predicted molar refractivity (Wildman–Crippen MR) is 79.8 cm³/mol. The number of carbonyl (C=O) groups is 2. The normalized spacial score (nSPS) is 10.4. The number of hydrogen-bond donors (Lipinski definition) is 0. The first-order valence-corrected chi connectivity index (χ1v) is 6.81. The third-order valence-corrected chi connectivity index (χ3v) is 3.50. The summed E-state index contributed by atoms with van der Waals surface area (Å²) < 4.78 is 4.76. The zero-order valence-electron chi connectivity index (χ0n) is 12.3. The molecule has 0 radical (unpaired) electrons. The maximum Gasteiger partial charge on any atom is 0.340 e. The molecule has 5 nitrogen and oxygen atoms in total. The summed E-state index contributed by atoms with van der Waals surface area (Å²) in [7, 11) is 1.22. The molecule has 0 aliphatic heterocycles. The average molecular weight is 319 g/mol. The smallest absolute Gasteiger partial charge is 0.340 e. The van der Waals surface area contributed by atoms with Gasteiger partial charge >= 0.3 is 5.97 Å². The molecule has 1 aromatic carbocycles. The van der Waals surface area contributed by atoms with Crippen molar-refractivity contribution in [2.24, 2.45) is 0 Å². The first-order valence-electron chi connectivity index (χ1n) is 6.43. The Kier molecular flexibility index (Phi) is 4.47. The van der Waals surface area contributed by atoms with Gasteiger partial charge in [0.15, 0.2) is 0 Å². The highest BCUT2D eigenvalue weighted by molar-refractivity contribution is 6.31. The summed E-state index contributed by atoms with van der Waals surface area (Å²) in [5.74, 6) is -2.08. The van der Waals surface area contributed by atoms with E-state index in [2.05, 4.69) is 4.98 Å². The number of pyridine rings is 1. The van der Waals surface area contributed by atoms with E-state index < -0.39 is 11.9 Å². The molecule has 22 heavy (non-hydrogen) atoms. The molecule has 1 heterocycles. The van der Waals surface area contributed by atoms with Crippen molar-refractivity contribution in [2.75, 3.05) is 7.11 Å². The van der Waals surface area contributed by atoms with Gasteiger partial charge in [-0.25, -0.2) is 4.79 Å². The maximum atomic E-state index is 12.1. The number of carboxylic acid groups (broad SMARTS) is 1. The fraction of sp³-hybridized carbons (Fsp3) is 0.188. The quantitative estimate of drug-likeness (QED) is 0.810. The highest BCUT2D eigenvalue weighted by Gasteiger charge is 2.23. The Hall–Kier alpha value is -2.40. The van der Waals surface area contributed by atoms with E-state index in [1.165, 1.54) is 7.11 Å². The molecule has 0 N–H and O–H groups in total. The van der Waals surface area contributed by atoms with Crippen molar-refractivity contribution in [3.63, 3.8) is 0 Å². The Bertz CT molecular complexity index is 771. The maximum absolute atomic E-state index is 12.1. The minimum absolute atomic E-state index is 0.0922. The number of hydrogen-bond acceptors (Lipinski definition) is 5. The van der Waals surface area contributed by atoms with Gasteiger partial charge in [0.1, 0.15) is 0 Å². The lowest BCUT2D eigenvalue weighted by Gasteiger charge is -2.18. The minimum atomic E-state index is -1.41. The Balaban J connectivity index is 2.94. The van der Waals surface area contributed by atoms with E-state index >= 15 is 0 Å². The molecular formula is C16H13ClNO4-. The van der Waals surface area contributed by atoms with Crippen LogP contribution in [0.2, 0.25) is 5.02 Å². The summed E-state index contributed by atoms with van der Waals surface area (Å²) in [4.78, 5) is 27.7. The van der Waals surface area contributed by atoms with Crippen molar-refractivity contribution < 1.29 is 19.4 Å². The van der Waals surface area contributed by atoms with Gasteiger partial charge in [0, 0.05) is 21.8 Å². The third-order valence-electron chi connectivity index (χ3n) is 3.27. The third kappa shape index (κ3) is 2.80. The molecule has 0 saturated carbocycles. The van der Waals surface area contributed by atoms with Crippen LogP contribution in [0.15, 0.2) is 24.3 Å². The van der Waals surface area contributed by atoms with Crippen LogP contribution < -0.4 is 5.11 Å². The van der Waals surface area contributed by atoms with Crippen LogP contribution in [0.1, 0.15) is 32.1 Å². The number of carboxylic acids is 1. The Morgan fingerprint density at radius 1 is 1.18 bits per heavy atom. The first-order chi connectivity index (χ1) is 10.4. The Labute approximate surface area is 132 Å². The molecule has 114 valence electrons. The van der Waals surface area contributed by atoms with E-state index in [1.54, 1.807) is 38.1 Å². The van der Waals surface area contributed by atoms with E-state index in [9.17, 15) is 14.7 Å². The van der Waals surface area contributed by atoms with Gasteiger partial charge in [0.2, 0.25) is 0 Å². The lowest BCUT2D eigenvalue weighted by atomic mass is 9.92. The number of methoxy groups -OCH3 is 1. The van der Waals surface area contributed by atoms with Crippen molar-refractivity contribution in [1.29, 1.82) is 0 Å². The molecule has 0 aliphatic carbocycles. The zero-order valence-corrected chi connectivity index (χ0v) is 13.0. The van der Waals surface area contributed by atoms with Gasteiger partial charge in [-0.15, -0.1) is 0 Å². The Morgan fingerprint density at radius 3 is 2.36 bits per heavy atom. The van der Waals surface area contributed by atoms with Gasteiger partial charge in [0.05, 0.1) is 24.3 Å². The molecule has 2 aromatic rings. The van der Waals surface area contributed by atoms with E-state index in [1.807, 2.05) is 0 Å². The number of aromatic carboxylic acids is 1. The second-order valence-electron chi connectivity index (χ2n) is 4.70. The number of benzene rings is 1. The Morgan fingerprint density at radius 2 is 1.82 bits per heavy atom. The monoisotopic (exact) mass is 318 g/mol. The van der Waals surface area contributed by atoms with Gasteiger partial charge in [-0.3, -0.25) is 4.98 Å². The second-order valence-corrected chi connectivity index (χ2v) is 5.13. The summed E-state index contributed by atoms with van der Waals surface area (Å²) in [6, 6.07) is 6.57. The van der Waals surface area contributed by atoms with E-state index in [0.29, 0.717) is 16.3 Å². The van der Waals surface area contributed by atoms with Gasteiger partial charge < -0.3 is 14.6 Å². The van der Waals surface area contributed by atoms with Crippen molar-refractivity contribution >= 4 is 23.5 Å². The van der Waals surface area contributed by atoms with Crippen LogP contribution >= 0.6 is 11.6 Å². The summed E-state index contributed by atoms with van der Waals surface area (Å²) in [5.41, 5.74) is 1.28. The van der Waals surface area contributed by atoms with Crippen LogP contribution in [0, 0.1) is 13.8 Å². The number of aromatic nitrogens is 1. The van der Waals surface area contributed by atoms with E-state index in [-0.39, 0.29) is 22.4 Å². The largest absolute Gasteiger partial charge is 0.545 e. The second kappa shape index (κ2) is 6.15. The van der Waals surface area contributed by atoms with Gasteiger partial charge in [-0.1, -0.05) is 23.7 Å². The van der Waals surface area contributed by atoms with Crippen LogP contribution in [0.25, 0.3) is 11.1 Å². The summed E-state index contributed by atoms with van der Waals surface area (Å²) in [6.45, 7) is 3.17. The molecule has 0 amide bonds. The van der Waals surface area contributed by atoms with Crippen LogP contribution in [-0.2, 0) is 4.74 Å².